The fourth-order valence-corrected chi connectivity index (χ4v) is 2.98. The molecule has 0 N–H and O–H groups in total. The maximum absolute atomic E-state index is 6.18. The number of aryl methyl sites for hydroxylation is 1. The van der Waals surface area contributed by atoms with E-state index in [0.717, 1.165) is 18.4 Å². The minimum atomic E-state index is 0.442. The van der Waals surface area contributed by atoms with Gasteiger partial charge in [0.1, 0.15) is 5.69 Å². The molecule has 2 nitrogen and oxygen atoms in total. The van der Waals surface area contributed by atoms with E-state index in [9.17, 15) is 0 Å². The number of halogens is 1. The molecular formula is C23H17ClN2S. The van der Waals surface area contributed by atoms with E-state index in [4.69, 9.17) is 11.6 Å². The van der Waals surface area contributed by atoms with E-state index in [-0.39, 0.29) is 0 Å². The lowest BCUT2D eigenvalue weighted by molar-refractivity contribution is 0.922. The van der Waals surface area contributed by atoms with E-state index < -0.39 is 0 Å². The topological polar surface area (TPSA) is 25.2 Å². The number of rotatable bonds is 4. The molecule has 0 unspecified atom stereocenters. The summed E-state index contributed by atoms with van der Waals surface area (Å²) in [5.74, 6) is 6.09. The molecule has 1 aromatic heterocycles. The van der Waals surface area contributed by atoms with Crippen LogP contribution in [0, 0.1) is 11.8 Å². The van der Waals surface area contributed by atoms with E-state index in [0.29, 0.717) is 16.4 Å². The van der Waals surface area contributed by atoms with E-state index in [2.05, 4.69) is 82.5 Å². The molecule has 132 valence electrons. The van der Waals surface area contributed by atoms with E-state index >= 15 is 0 Å². The largest absolute Gasteiger partial charge is 0.244 e. The highest BCUT2D eigenvalue weighted by molar-refractivity contribution is 7.78. The van der Waals surface area contributed by atoms with E-state index in [1.807, 2.05) is 12.1 Å². The van der Waals surface area contributed by atoms with Crippen molar-refractivity contribution in [3.05, 3.63) is 82.6 Å². The van der Waals surface area contributed by atoms with Crippen LogP contribution in [0.1, 0.15) is 30.2 Å². The molecule has 0 aliphatic carbocycles. The zero-order chi connectivity index (χ0) is 19.1. The number of nitrogens with zero attached hydrogens (tertiary/aromatic N) is 2. The lowest BCUT2D eigenvalue weighted by atomic mass is 10.0. The maximum Gasteiger partial charge on any atom is 0.132 e. The summed E-state index contributed by atoms with van der Waals surface area (Å²) in [5, 5.41) is 2.73. The molecule has 0 atom stereocenters. The predicted molar refractivity (Wildman–Crippen MR) is 116 cm³/mol. The van der Waals surface area contributed by atoms with Gasteiger partial charge >= 0.3 is 0 Å². The van der Waals surface area contributed by atoms with Gasteiger partial charge in [-0.05, 0) is 59.4 Å². The van der Waals surface area contributed by atoms with Crippen LogP contribution in [-0.4, -0.2) is 10.1 Å². The normalized spacial score (nSPS) is 9.85. The molecule has 2 aromatic carbocycles. The quantitative estimate of drug-likeness (QED) is 0.290. The second-order valence-electron chi connectivity index (χ2n) is 6.00. The molecule has 0 saturated heterocycles. The third-order valence-corrected chi connectivity index (χ3v) is 4.42. The van der Waals surface area contributed by atoms with Gasteiger partial charge in [0.25, 0.3) is 0 Å². The van der Waals surface area contributed by atoms with Crippen molar-refractivity contribution in [2.45, 2.75) is 19.8 Å². The summed E-state index contributed by atoms with van der Waals surface area (Å²) in [4.78, 5) is 8.07. The minimum Gasteiger partial charge on any atom is -0.244 e. The van der Waals surface area contributed by atoms with Crippen molar-refractivity contribution in [2.24, 2.45) is 4.99 Å². The number of isothiocyanates is 1. The van der Waals surface area contributed by atoms with Gasteiger partial charge in [-0.2, -0.15) is 4.99 Å². The fraction of sp³-hybridized carbons (Fsp3) is 0.130. The predicted octanol–water partition coefficient (Wildman–Crippen LogP) is 6.49. The van der Waals surface area contributed by atoms with Crippen molar-refractivity contribution < 1.29 is 0 Å². The second kappa shape index (κ2) is 9.26. The summed E-state index contributed by atoms with van der Waals surface area (Å²) in [6.07, 6.45) is 3.85. The summed E-state index contributed by atoms with van der Waals surface area (Å²) in [5.41, 5.74) is 5.72. The highest BCUT2D eigenvalue weighted by Crippen LogP contribution is 2.22. The van der Waals surface area contributed by atoms with Gasteiger partial charge in [0.15, 0.2) is 0 Å². The lowest BCUT2D eigenvalue weighted by Gasteiger charge is -2.04. The molecule has 0 amide bonds. The Hall–Kier alpha value is -2.76. The van der Waals surface area contributed by atoms with Crippen LogP contribution >= 0.6 is 23.8 Å². The second-order valence-corrected chi connectivity index (χ2v) is 6.59. The van der Waals surface area contributed by atoms with Crippen molar-refractivity contribution in [3.63, 3.8) is 0 Å². The number of aromatic nitrogens is 1. The fourth-order valence-electron chi connectivity index (χ4n) is 2.66. The highest BCUT2D eigenvalue weighted by Gasteiger charge is 2.01. The third-order valence-electron chi connectivity index (χ3n) is 4.04. The molecule has 4 heteroatoms. The Bertz CT molecular complexity index is 1040. The molecule has 0 fully saturated rings. The summed E-state index contributed by atoms with van der Waals surface area (Å²) in [6.45, 7) is 2.19. The van der Waals surface area contributed by atoms with Gasteiger partial charge in [-0.25, -0.2) is 4.98 Å². The highest BCUT2D eigenvalue weighted by atomic mass is 35.5. The van der Waals surface area contributed by atoms with Crippen molar-refractivity contribution in [2.75, 3.05) is 0 Å². The average Bonchev–Trinajstić information content (AvgIpc) is 2.69. The van der Waals surface area contributed by atoms with Gasteiger partial charge in [0.2, 0.25) is 0 Å². The smallest absolute Gasteiger partial charge is 0.132 e. The standard InChI is InChI=1S/C23H17ClN2S/c1-2-3-17-4-9-19(10-5-17)20-11-6-18(7-12-20)8-13-23-22(24)14-21(15-25-23)26-16-27/h4-7,9-12,14-15H,2-3H2,1H3. The summed E-state index contributed by atoms with van der Waals surface area (Å²) in [6, 6.07) is 18.5. The average molecular weight is 389 g/mol. The van der Waals surface area contributed by atoms with Crippen LogP contribution in [0.4, 0.5) is 5.69 Å². The van der Waals surface area contributed by atoms with Crippen molar-refractivity contribution >= 4 is 34.7 Å². The summed E-state index contributed by atoms with van der Waals surface area (Å²) >= 11 is 10.8. The SMILES string of the molecule is CCCc1ccc(-c2ccc(C#Cc3ncc(N=C=S)cc3Cl)cc2)cc1. The van der Waals surface area contributed by atoms with Gasteiger partial charge in [0.05, 0.1) is 22.1 Å². The number of hydrogen-bond acceptors (Lipinski definition) is 3. The molecule has 0 aliphatic rings. The van der Waals surface area contributed by atoms with Gasteiger partial charge in [-0.1, -0.05) is 67.3 Å². The molecular weight excluding hydrogens is 372 g/mol. The van der Waals surface area contributed by atoms with Gasteiger partial charge in [-0.3, -0.25) is 0 Å². The van der Waals surface area contributed by atoms with Crippen LogP contribution in [-0.2, 0) is 6.42 Å². The number of benzene rings is 2. The zero-order valence-electron chi connectivity index (χ0n) is 14.9. The minimum absolute atomic E-state index is 0.442. The summed E-state index contributed by atoms with van der Waals surface area (Å²) in [7, 11) is 0. The Morgan fingerprint density at radius 1 is 1.00 bits per heavy atom. The Morgan fingerprint density at radius 2 is 1.67 bits per heavy atom. The zero-order valence-corrected chi connectivity index (χ0v) is 16.4. The monoisotopic (exact) mass is 388 g/mol. The maximum atomic E-state index is 6.18. The van der Waals surface area contributed by atoms with Crippen molar-refractivity contribution in [3.8, 4) is 23.0 Å². The number of thiocarbonyl (C=S) groups is 1. The molecule has 1 heterocycles. The number of aliphatic imine (C=N–C) groups is 1. The van der Waals surface area contributed by atoms with Crippen LogP contribution in [0.3, 0.4) is 0 Å². The van der Waals surface area contributed by atoms with Crippen LogP contribution in [0.25, 0.3) is 11.1 Å². The van der Waals surface area contributed by atoms with Crippen molar-refractivity contribution in [1.29, 1.82) is 0 Å². The molecule has 3 rings (SSSR count). The van der Waals surface area contributed by atoms with Gasteiger partial charge in [0, 0.05) is 5.56 Å². The molecule has 0 bridgehead atoms. The first-order valence-electron chi connectivity index (χ1n) is 8.64. The first-order valence-corrected chi connectivity index (χ1v) is 9.43. The van der Waals surface area contributed by atoms with Crippen LogP contribution in [0.2, 0.25) is 5.02 Å². The Morgan fingerprint density at radius 3 is 2.26 bits per heavy atom. The first-order chi connectivity index (χ1) is 13.2. The van der Waals surface area contributed by atoms with Gasteiger partial charge in [-0.15, -0.1) is 0 Å². The molecule has 0 saturated carbocycles. The van der Waals surface area contributed by atoms with Crippen molar-refractivity contribution in [1.82, 2.24) is 4.98 Å². The van der Waals surface area contributed by atoms with Crippen LogP contribution in [0.15, 0.2) is 65.8 Å². The number of pyridine rings is 1. The first kappa shape index (κ1) is 19.0. The Balaban J connectivity index is 1.77. The molecule has 27 heavy (non-hydrogen) atoms. The van der Waals surface area contributed by atoms with E-state index in [1.165, 1.54) is 16.7 Å². The summed E-state index contributed by atoms with van der Waals surface area (Å²) < 4.78 is 0. The lowest BCUT2D eigenvalue weighted by Crippen LogP contribution is -1.85. The number of hydrogen-bond donors (Lipinski definition) is 0. The Labute approximate surface area is 170 Å². The third kappa shape index (κ3) is 5.12. The van der Waals surface area contributed by atoms with Crippen LogP contribution < -0.4 is 0 Å². The van der Waals surface area contributed by atoms with Crippen LogP contribution in [0.5, 0.6) is 0 Å². The molecule has 0 aliphatic heterocycles. The molecule has 3 aromatic rings. The van der Waals surface area contributed by atoms with Gasteiger partial charge < -0.3 is 0 Å². The molecule has 0 spiro atoms. The van der Waals surface area contributed by atoms with E-state index in [1.54, 1.807) is 12.3 Å². The Kier molecular flexibility index (Phi) is 6.52. The molecule has 0 radical (unpaired) electrons.